The molecule has 4 aromatic rings. The number of hydrogen-bond donors (Lipinski definition) is 1. The zero-order valence-corrected chi connectivity index (χ0v) is 23.1. The lowest BCUT2D eigenvalue weighted by atomic mass is 9.84. The van der Waals surface area contributed by atoms with Crippen LogP contribution in [-0.2, 0) is 23.4 Å². The molecule has 3 aromatic carbocycles. The SMILES string of the molecule is COCCCN(Cc1ccc(OC)cc1)Cc1ccc(C(O)(c2ccc(OC)cc2)c2ccc(OC)cc2)o1. The normalized spacial score (nSPS) is 11.5. The number of furan rings is 1. The van der Waals surface area contributed by atoms with E-state index in [2.05, 4.69) is 17.0 Å². The summed E-state index contributed by atoms with van der Waals surface area (Å²) in [6.07, 6.45) is 0.891. The third kappa shape index (κ3) is 6.81. The zero-order chi connectivity index (χ0) is 27.7. The summed E-state index contributed by atoms with van der Waals surface area (Å²) in [5, 5.41) is 12.2. The van der Waals surface area contributed by atoms with E-state index in [0.717, 1.165) is 31.0 Å². The second-order valence-electron chi connectivity index (χ2n) is 9.34. The van der Waals surface area contributed by atoms with E-state index in [1.807, 2.05) is 72.8 Å². The maximum atomic E-state index is 12.2. The van der Waals surface area contributed by atoms with Crippen LogP contribution in [0, 0.1) is 0 Å². The Morgan fingerprint density at radius 1 is 0.667 bits per heavy atom. The molecule has 0 unspecified atom stereocenters. The molecule has 0 bridgehead atoms. The predicted molar refractivity (Wildman–Crippen MR) is 150 cm³/mol. The largest absolute Gasteiger partial charge is 0.497 e. The summed E-state index contributed by atoms with van der Waals surface area (Å²) >= 11 is 0. The van der Waals surface area contributed by atoms with E-state index < -0.39 is 5.60 Å². The Hall–Kier alpha value is -3.78. The van der Waals surface area contributed by atoms with Gasteiger partial charge in [0.05, 0.1) is 27.9 Å². The van der Waals surface area contributed by atoms with Crippen molar-refractivity contribution >= 4 is 0 Å². The number of nitrogens with zero attached hydrogens (tertiary/aromatic N) is 1. The fraction of sp³-hybridized carbons (Fsp3) is 0.312. The first-order chi connectivity index (χ1) is 19.0. The number of hydrogen-bond acceptors (Lipinski definition) is 7. The summed E-state index contributed by atoms with van der Waals surface area (Å²) in [6.45, 7) is 2.83. The second-order valence-corrected chi connectivity index (χ2v) is 9.34. The topological polar surface area (TPSA) is 73.5 Å². The summed E-state index contributed by atoms with van der Waals surface area (Å²) < 4.78 is 27.6. The van der Waals surface area contributed by atoms with Gasteiger partial charge in [-0.1, -0.05) is 36.4 Å². The van der Waals surface area contributed by atoms with Gasteiger partial charge in [-0.3, -0.25) is 4.90 Å². The molecule has 1 N–H and O–H groups in total. The van der Waals surface area contributed by atoms with Gasteiger partial charge >= 0.3 is 0 Å². The predicted octanol–water partition coefficient (Wildman–Crippen LogP) is 5.63. The molecule has 0 aliphatic rings. The van der Waals surface area contributed by atoms with E-state index in [0.29, 0.717) is 41.5 Å². The van der Waals surface area contributed by atoms with Crippen molar-refractivity contribution < 1.29 is 28.5 Å². The third-order valence-electron chi connectivity index (χ3n) is 6.80. The Kier molecular flexibility index (Phi) is 9.65. The van der Waals surface area contributed by atoms with Crippen molar-refractivity contribution in [2.75, 3.05) is 41.6 Å². The molecule has 0 aliphatic carbocycles. The molecule has 0 saturated heterocycles. The molecule has 0 aliphatic heterocycles. The smallest absolute Gasteiger partial charge is 0.173 e. The first-order valence-corrected chi connectivity index (χ1v) is 12.9. The van der Waals surface area contributed by atoms with Gasteiger partial charge in [0, 0.05) is 26.8 Å². The summed E-state index contributed by atoms with van der Waals surface area (Å²) in [4.78, 5) is 2.31. The summed E-state index contributed by atoms with van der Waals surface area (Å²) in [6, 6.07) is 26.6. The van der Waals surface area contributed by atoms with Crippen LogP contribution in [0.3, 0.4) is 0 Å². The van der Waals surface area contributed by atoms with E-state index in [1.165, 1.54) is 5.56 Å². The summed E-state index contributed by atoms with van der Waals surface area (Å²) in [5.41, 5.74) is 1.01. The van der Waals surface area contributed by atoms with Crippen molar-refractivity contribution in [2.24, 2.45) is 0 Å². The lowest BCUT2D eigenvalue weighted by Crippen LogP contribution is -2.28. The number of ether oxygens (including phenoxy) is 4. The Balaban J connectivity index is 1.63. The average Bonchev–Trinajstić information content (AvgIpc) is 3.46. The quantitative estimate of drug-likeness (QED) is 0.212. The van der Waals surface area contributed by atoms with Crippen LogP contribution < -0.4 is 14.2 Å². The third-order valence-corrected chi connectivity index (χ3v) is 6.80. The first-order valence-electron chi connectivity index (χ1n) is 12.9. The van der Waals surface area contributed by atoms with Crippen LogP contribution in [0.15, 0.2) is 89.3 Å². The molecule has 0 fully saturated rings. The van der Waals surface area contributed by atoms with Crippen molar-refractivity contribution in [2.45, 2.75) is 25.1 Å². The second kappa shape index (κ2) is 13.3. The molecule has 1 aromatic heterocycles. The minimum absolute atomic E-state index is 0.439. The van der Waals surface area contributed by atoms with Gasteiger partial charge < -0.3 is 28.5 Å². The van der Waals surface area contributed by atoms with Crippen LogP contribution in [0.4, 0.5) is 0 Å². The fourth-order valence-corrected chi connectivity index (χ4v) is 4.63. The molecular weight excluding hydrogens is 494 g/mol. The van der Waals surface area contributed by atoms with Gasteiger partial charge in [-0.05, 0) is 71.6 Å². The van der Waals surface area contributed by atoms with Gasteiger partial charge in [0.15, 0.2) is 5.60 Å². The molecular formula is C32H37NO6. The van der Waals surface area contributed by atoms with Crippen LogP contribution in [-0.4, -0.2) is 51.6 Å². The van der Waals surface area contributed by atoms with Gasteiger partial charge in [0.2, 0.25) is 0 Å². The van der Waals surface area contributed by atoms with Gasteiger partial charge in [-0.2, -0.15) is 0 Å². The molecule has 7 nitrogen and oxygen atoms in total. The molecule has 0 radical (unpaired) electrons. The minimum atomic E-state index is -1.51. The van der Waals surface area contributed by atoms with Crippen molar-refractivity contribution in [1.82, 2.24) is 4.90 Å². The summed E-state index contributed by atoms with van der Waals surface area (Å²) in [5.74, 6) is 3.45. The lowest BCUT2D eigenvalue weighted by Gasteiger charge is -2.28. The number of aliphatic hydroxyl groups is 1. The van der Waals surface area contributed by atoms with Gasteiger partial charge in [0.25, 0.3) is 0 Å². The van der Waals surface area contributed by atoms with Crippen molar-refractivity contribution in [3.8, 4) is 17.2 Å². The van der Waals surface area contributed by atoms with Gasteiger partial charge in [-0.15, -0.1) is 0 Å². The van der Waals surface area contributed by atoms with Crippen molar-refractivity contribution in [3.05, 3.63) is 113 Å². The van der Waals surface area contributed by atoms with Crippen LogP contribution in [0.25, 0.3) is 0 Å². The van der Waals surface area contributed by atoms with Crippen LogP contribution in [0.2, 0.25) is 0 Å². The highest BCUT2D eigenvalue weighted by Gasteiger charge is 2.37. The zero-order valence-electron chi connectivity index (χ0n) is 23.1. The van der Waals surface area contributed by atoms with E-state index in [4.69, 9.17) is 23.4 Å². The Morgan fingerprint density at radius 2 is 1.18 bits per heavy atom. The average molecular weight is 532 g/mol. The maximum absolute atomic E-state index is 12.2. The van der Waals surface area contributed by atoms with E-state index in [9.17, 15) is 5.11 Å². The lowest BCUT2D eigenvalue weighted by molar-refractivity contribution is 0.0946. The molecule has 206 valence electrons. The highest BCUT2D eigenvalue weighted by atomic mass is 16.5. The number of benzene rings is 3. The maximum Gasteiger partial charge on any atom is 0.173 e. The monoisotopic (exact) mass is 531 g/mol. The molecule has 4 rings (SSSR count). The Morgan fingerprint density at radius 3 is 1.67 bits per heavy atom. The van der Waals surface area contributed by atoms with E-state index in [-0.39, 0.29) is 0 Å². The molecule has 0 spiro atoms. The molecule has 1 heterocycles. The molecule has 0 atom stereocenters. The first kappa shape index (κ1) is 28.2. The van der Waals surface area contributed by atoms with E-state index in [1.54, 1.807) is 28.4 Å². The van der Waals surface area contributed by atoms with E-state index >= 15 is 0 Å². The molecule has 7 heteroatoms. The Bertz CT molecular complexity index is 1230. The highest BCUT2D eigenvalue weighted by Crippen LogP contribution is 2.39. The summed E-state index contributed by atoms with van der Waals surface area (Å²) in [7, 11) is 6.62. The molecule has 0 saturated carbocycles. The number of methoxy groups -OCH3 is 4. The fourth-order valence-electron chi connectivity index (χ4n) is 4.63. The Labute approximate surface area is 230 Å². The van der Waals surface area contributed by atoms with Crippen LogP contribution in [0.1, 0.15) is 34.6 Å². The van der Waals surface area contributed by atoms with Crippen LogP contribution >= 0.6 is 0 Å². The standard InChI is InChI=1S/C32H37NO6/c1-35-21-5-20-33(22-24-6-12-27(36-2)13-7-24)23-30-18-19-31(39-30)32(34,25-8-14-28(37-3)15-9-25)26-10-16-29(38-4)17-11-26/h6-19,34H,5,20-23H2,1-4H3. The van der Waals surface area contributed by atoms with Crippen LogP contribution in [0.5, 0.6) is 17.2 Å². The molecule has 0 amide bonds. The molecule has 39 heavy (non-hydrogen) atoms. The number of rotatable bonds is 14. The highest BCUT2D eigenvalue weighted by molar-refractivity contribution is 5.46. The van der Waals surface area contributed by atoms with Gasteiger partial charge in [0.1, 0.15) is 28.8 Å². The van der Waals surface area contributed by atoms with Crippen molar-refractivity contribution in [3.63, 3.8) is 0 Å². The van der Waals surface area contributed by atoms with Crippen molar-refractivity contribution in [1.29, 1.82) is 0 Å². The van der Waals surface area contributed by atoms with Gasteiger partial charge in [-0.25, -0.2) is 0 Å². The minimum Gasteiger partial charge on any atom is -0.497 e.